The zero-order valence-corrected chi connectivity index (χ0v) is 10.1. The van der Waals surface area contributed by atoms with Gasteiger partial charge in [-0.25, -0.2) is 0 Å². The minimum absolute atomic E-state index is 0.0829. The first kappa shape index (κ1) is 11.2. The Morgan fingerprint density at radius 1 is 1.25 bits per heavy atom. The van der Waals surface area contributed by atoms with Crippen LogP contribution in [0, 0.1) is 5.41 Å². The van der Waals surface area contributed by atoms with E-state index in [-0.39, 0.29) is 17.3 Å². The standard InChI is InChI=1S/C14H18O2/c1-10(2)16-12-6-4-11(5-7-12)13(15)14(3)8-9-14/h4-7,10H,8-9H2,1-3H3. The molecule has 0 amide bonds. The zero-order valence-electron chi connectivity index (χ0n) is 10.1. The summed E-state index contributed by atoms with van der Waals surface area (Å²) < 4.78 is 5.54. The van der Waals surface area contributed by atoms with Crippen LogP contribution >= 0.6 is 0 Å². The highest BCUT2D eigenvalue weighted by Gasteiger charge is 2.44. The van der Waals surface area contributed by atoms with Crippen LogP contribution in [0.2, 0.25) is 0 Å². The van der Waals surface area contributed by atoms with E-state index in [1.165, 1.54) is 0 Å². The second kappa shape index (κ2) is 3.93. The van der Waals surface area contributed by atoms with Crippen molar-refractivity contribution in [2.24, 2.45) is 5.41 Å². The molecule has 0 saturated heterocycles. The van der Waals surface area contributed by atoms with Crippen molar-refractivity contribution in [3.63, 3.8) is 0 Å². The van der Waals surface area contributed by atoms with Crippen LogP contribution in [-0.2, 0) is 0 Å². The molecular weight excluding hydrogens is 200 g/mol. The summed E-state index contributed by atoms with van der Waals surface area (Å²) in [5.41, 5.74) is 0.719. The predicted octanol–water partition coefficient (Wildman–Crippen LogP) is 3.46. The van der Waals surface area contributed by atoms with Crippen molar-refractivity contribution < 1.29 is 9.53 Å². The number of carbonyl (C=O) groups is 1. The molecule has 0 aromatic heterocycles. The fourth-order valence-corrected chi connectivity index (χ4v) is 1.72. The van der Waals surface area contributed by atoms with Crippen LogP contribution in [0.1, 0.15) is 44.0 Å². The summed E-state index contributed by atoms with van der Waals surface area (Å²) in [6, 6.07) is 7.48. The van der Waals surface area contributed by atoms with Gasteiger partial charge in [0.15, 0.2) is 5.78 Å². The Labute approximate surface area is 96.6 Å². The number of carbonyl (C=O) groups excluding carboxylic acids is 1. The fourth-order valence-electron chi connectivity index (χ4n) is 1.72. The molecule has 16 heavy (non-hydrogen) atoms. The Morgan fingerprint density at radius 2 is 1.81 bits per heavy atom. The van der Waals surface area contributed by atoms with Crippen molar-refractivity contribution >= 4 is 5.78 Å². The van der Waals surface area contributed by atoms with Gasteiger partial charge in [-0.2, -0.15) is 0 Å². The van der Waals surface area contributed by atoms with Crippen molar-refractivity contribution in [2.75, 3.05) is 0 Å². The SMILES string of the molecule is CC(C)Oc1ccc(C(=O)C2(C)CC2)cc1. The molecule has 0 aliphatic heterocycles. The second-order valence-electron chi connectivity index (χ2n) is 5.08. The van der Waals surface area contributed by atoms with Crippen molar-refractivity contribution in [2.45, 2.75) is 39.7 Å². The summed E-state index contributed by atoms with van der Waals surface area (Å²) in [7, 11) is 0. The van der Waals surface area contributed by atoms with Crippen molar-refractivity contribution in [1.82, 2.24) is 0 Å². The smallest absolute Gasteiger partial charge is 0.168 e. The molecule has 1 fully saturated rings. The maximum absolute atomic E-state index is 12.0. The Bertz CT molecular complexity index is 386. The molecule has 0 atom stereocenters. The average molecular weight is 218 g/mol. The van der Waals surface area contributed by atoms with E-state index >= 15 is 0 Å². The van der Waals surface area contributed by atoms with Gasteiger partial charge < -0.3 is 4.74 Å². The number of Topliss-reactive ketones (excluding diaryl/α,β-unsaturated/α-hetero) is 1. The monoisotopic (exact) mass is 218 g/mol. The second-order valence-corrected chi connectivity index (χ2v) is 5.08. The Morgan fingerprint density at radius 3 is 2.25 bits per heavy atom. The van der Waals surface area contributed by atoms with E-state index < -0.39 is 0 Å². The lowest BCUT2D eigenvalue weighted by Crippen LogP contribution is -2.12. The first-order valence-electron chi connectivity index (χ1n) is 5.83. The quantitative estimate of drug-likeness (QED) is 0.723. The predicted molar refractivity (Wildman–Crippen MR) is 63.9 cm³/mol. The van der Waals surface area contributed by atoms with E-state index in [0.717, 1.165) is 24.2 Å². The lowest BCUT2D eigenvalue weighted by molar-refractivity contribution is 0.0912. The topological polar surface area (TPSA) is 26.3 Å². The molecule has 0 N–H and O–H groups in total. The lowest BCUT2D eigenvalue weighted by Gasteiger charge is -2.11. The van der Waals surface area contributed by atoms with E-state index in [1.807, 2.05) is 45.0 Å². The third-order valence-electron chi connectivity index (χ3n) is 3.04. The molecule has 2 rings (SSSR count). The third kappa shape index (κ3) is 2.26. The molecule has 0 unspecified atom stereocenters. The van der Waals surface area contributed by atoms with E-state index in [0.29, 0.717) is 0 Å². The van der Waals surface area contributed by atoms with Crippen LogP contribution in [0.4, 0.5) is 0 Å². The largest absolute Gasteiger partial charge is 0.491 e. The third-order valence-corrected chi connectivity index (χ3v) is 3.04. The molecule has 86 valence electrons. The van der Waals surface area contributed by atoms with E-state index in [4.69, 9.17) is 4.74 Å². The summed E-state index contributed by atoms with van der Waals surface area (Å²) in [6.07, 6.45) is 2.22. The average Bonchev–Trinajstić information content (AvgIpc) is 2.97. The Hall–Kier alpha value is -1.31. The summed E-state index contributed by atoms with van der Waals surface area (Å²) in [5.74, 6) is 1.09. The first-order chi connectivity index (χ1) is 7.51. The van der Waals surface area contributed by atoms with Crippen LogP contribution in [0.5, 0.6) is 5.75 Å². The molecule has 1 aliphatic rings. The zero-order chi connectivity index (χ0) is 11.8. The number of hydrogen-bond donors (Lipinski definition) is 0. The number of benzene rings is 1. The summed E-state index contributed by atoms with van der Waals surface area (Å²) >= 11 is 0. The molecule has 1 aromatic rings. The summed E-state index contributed by atoms with van der Waals surface area (Å²) in [6.45, 7) is 6.02. The van der Waals surface area contributed by atoms with Crippen LogP contribution in [0.3, 0.4) is 0 Å². The van der Waals surface area contributed by atoms with Crippen molar-refractivity contribution in [1.29, 1.82) is 0 Å². The van der Waals surface area contributed by atoms with Gasteiger partial charge in [0.05, 0.1) is 6.10 Å². The highest BCUT2D eigenvalue weighted by atomic mass is 16.5. The number of hydrogen-bond acceptors (Lipinski definition) is 2. The summed E-state index contributed by atoms with van der Waals surface area (Å²) in [5, 5.41) is 0. The molecule has 1 saturated carbocycles. The molecule has 1 aliphatic carbocycles. The molecule has 0 bridgehead atoms. The van der Waals surface area contributed by atoms with Gasteiger partial charge in [-0.15, -0.1) is 0 Å². The Kier molecular flexibility index (Phi) is 2.75. The molecule has 0 spiro atoms. The van der Waals surface area contributed by atoms with Gasteiger partial charge in [0, 0.05) is 11.0 Å². The van der Waals surface area contributed by atoms with Crippen LogP contribution < -0.4 is 4.74 Å². The molecule has 0 heterocycles. The highest BCUT2D eigenvalue weighted by Crippen LogP contribution is 2.47. The van der Waals surface area contributed by atoms with Crippen LogP contribution in [0.15, 0.2) is 24.3 Å². The lowest BCUT2D eigenvalue weighted by atomic mass is 9.97. The van der Waals surface area contributed by atoms with Gasteiger partial charge in [-0.05, 0) is 51.0 Å². The minimum atomic E-state index is -0.0829. The number of ether oxygens (including phenoxy) is 1. The van der Waals surface area contributed by atoms with Crippen molar-refractivity contribution in [3.05, 3.63) is 29.8 Å². The van der Waals surface area contributed by atoms with E-state index in [9.17, 15) is 4.79 Å². The van der Waals surface area contributed by atoms with Gasteiger partial charge in [0.25, 0.3) is 0 Å². The molecule has 0 radical (unpaired) electrons. The highest BCUT2D eigenvalue weighted by molar-refractivity contribution is 6.02. The van der Waals surface area contributed by atoms with Crippen LogP contribution in [-0.4, -0.2) is 11.9 Å². The number of rotatable bonds is 4. The molecular formula is C14H18O2. The van der Waals surface area contributed by atoms with Gasteiger partial charge in [-0.3, -0.25) is 4.79 Å². The first-order valence-corrected chi connectivity index (χ1v) is 5.83. The number of ketones is 1. The fraction of sp³-hybridized carbons (Fsp3) is 0.500. The van der Waals surface area contributed by atoms with Gasteiger partial charge in [-0.1, -0.05) is 6.92 Å². The summed E-state index contributed by atoms with van der Waals surface area (Å²) in [4.78, 5) is 12.0. The van der Waals surface area contributed by atoms with E-state index in [2.05, 4.69) is 0 Å². The van der Waals surface area contributed by atoms with Crippen LogP contribution in [0.25, 0.3) is 0 Å². The van der Waals surface area contributed by atoms with Gasteiger partial charge in [0.1, 0.15) is 5.75 Å². The maximum Gasteiger partial charge on any atom is 0.168 e. The van der Waals surface area contributed by atoms with Gasteiger partial charge in [0.2, 0.25) is 0 Å². The van der Waals surface area contributed by atoms with E-state index in [1.54, 1.807) is 0 Å². The maximum atomic E-state index is 12.0. The molecule has 2 heteroatoms. The minimum Gasteiger partial charge on any atom is -0.491 e. The normalized spacial score (nSPS) is 17.2. The van der Waals surface area contributed by atoms with Crippen molar-refractivity contribution in [3.8, 4) is 5.75 Å². The molecule has 2 nitrogen and oxygen atoms in total. The van der Waals surface area contributed by atoms with Gasteiger partial charge >= 0.3 is 0 Å². The molecule has 1 aromatic carbocycles. The Balaban J connectivity index is 2.10.